The van der Waals surface area contributed by atoms with E-state index in [2.05, 4.69) is 20.9 Å². The van der Waals surface area contributed by atoms with Gasteiger partial charge in [-0.2, -0.15) is 0 Å². The molecule has 33 heavy (non-hydrogen) atoms. The van der Waals surface area contributed by atoms with Crippen molar-refractivity contribution in [2.75, 3.05) is 31.6 Å². The molecule has 0 bridgehead atoms. The zero-order valence-corrected chi connectivity index (χ0v) is 19.5. The van der Waals surface area contributed by atoms with Gasteiger partial charge in [0.1, 0.15) is 11.6 Å². The first-order valence-electron chi connectivity index (χ1n) is 11.8. The fraction of sp³-hybridized carbons (Fsp3) is 0.583. The van der Waals surface area contributed by atoms with Gasteiger partial charge in [0.05, 0.1) is 19.0 Å². The standard InChI is InChI=1S/C24H35F2N5O2/c1-3-5-22(29-19-7-6-17-12-18(25)13-21(26)20(17)14-19)24(32)30-23-15-31(16-28-23)10-8-27-9-11-33-4-2/h12-13,15-16,19,22,27,29H,3-11,14H2,1-2H3,(H,30,32)/t19?,22-/m0/s1. The molecule has 0 saturated carbocycles. The van der Waals surface area contributed by atoms with Gasteiger partial charge in [0.15, 0.2) is 5.82 Å². The zero-order valence-electron chi connectivity index (χ0n) is 19.5. The van der Waals surface area contributed by atoms with Crippen LogP contribution in [0.2, 0.25) is 0 Å². The van der Waals surface area contributed by atoms with Crippen molar-refractivity contribution < 1.29 is 18.3 Å². The zero-order chi connectivity index (χ0) is 23.6. The molecule has 1 unspecified atom stereocenters. The van der Waals surface area contributed by atoms with E-state index in [-0.39, 0.29) is 11.9 Å². The summed E-state index contributed by atoms with van der Waals surface area (Å²) >= 11 is 0. The third kappa shape index (κ3) is 7.58. The number of nitrogens with one attached hydrogen (secondary N) is 3. The molecule has 1 aromatic carbocycles. The molecule has 1 heterocycles. The second kappa shape index (κ2) is 12.8. The van der Waals surface area contributed by atoms with Crippen molar-refractivity contribution in [1.82, 2.24) is 20.2 Å². The molecule has 1 aliphatic carbocycles. The first-order chi connectivity index (χ1) is 16.0. The molecule has 1 aromatic heterocycles. The highest BCUT2D eigenvalue weighted by molar-refractivity contribution is 5.94. The minimum atomic E-state index is -0.540. The number of benzene rings is 1. The summed E-state index contributed by atoms with van der Waals surface area (Å²) in [4.78, 5) is 17.2. The molecule has 0 fully saturated rings. The maximum atomic E-state index is 14.2. The predicted molar refractivity (Wildman–Crippen MR) is 124 cm³/mol. The number of carbonyl (C=O) groups is 1. The first-order valence-corrected chi connectivity index (χ1v) is 11.8. The number of imidazole rings is 1. The highest BCUT2D eigenvalue weighted by Gasteiger charge is 2.27. The molecule has 3 N–H and O–H groups in total. The predicted octanol–water partition coefficient (Wildman–Crippen LogP) is 3.04. The van der Waals surface area contributed by atoms with Crippen LogP contribution in [0.1, 0.15) is 44.2 Å². The van der Waals surface area contributed by atoms with E-state index in [4.69, 9.17) is 4.74 Å². The Morgan fingerprint density at radius 1 is 1.30 bits per heavy atom. The smallest absolute Gasteiger partial charge is 0.242 e. The van der Waals surface area contributed by atoms with Crippen molar-refractivity contribution in [2.45, 2.75) is 64.6 Å². The van der Waals surface area contributed by atoms with E-state index in [1.54, 1.807) is 6.33 Å². The van der Waals surface area contributed by atoms with Gasteiger partial charge in [-0.05, 0) is 49.8 Å². The van der Waals surface area contributed by atoms with Crippen LogP contribution in [-0.4, -0.2) is 53.8 Å². The van der Waals surface area contributed by atoms with E-state index >= 15 is 0 Å². The Balaban J connectivity index is 1.51. The SMILES string of the molecule is CCC[C@H](NC1CCc2cc(F)cc(F)c2C1)C(=O)Nc1cn(CCNCCOCC)cn1. The van der Waals surface area contributed by atoms with Crippen LogP contribution >= 0.6 is 0 Å². The van der Waals surface area contributed by atoms with Gasteiger partial charge >= 0.3 is 0 Å². The van der Waals surface area contributed by atoms with Gasteiger partial charge in [0.2, 0.25) is 5.91 Å². The molecular formula is C24H35F2N5O2. The lowest BCUT2D eigenvalue weighted by Gasteiger charge is -2.29. The number of nitrogens with zero attached hydrogens (tertiary/aromatic N) is 2. The minimum Gasteiger partial charge on any atom is -0.380 e. The minimum absolute atomic E-state index is 0.0416. The molecule has 1 amide bonds. The van der Waals surface area contributed by atoms with Crippen LogP contribution in [0.15, 0.2) is 24.7 Å². The molecule has 2 atom stereocenters. The summed E-state index contributed by atoms with van der Waals surface area (Å²) in [6.07, 6.45) is 6.76. The van der Waals surface area contributed by atoms with Gasteiger partial charge in [-0.3, -0.25) is 4.79 Å². The van der Waals surface area contributed by atoms with Crippen LogP contribution in [0.3, 0.4) is 0 Å². The van der Waals surface area contributed by atoms with Gasteiger partial charge in [0, 0.05) is 44.5 Å². The Labute approximate surface area is 194 Å². The van der Waals surface area contributed by atoms with Crippen LogP contribution in [-0.2, 0) is 28.9 Å². The van der Waals surface area contributed by atoms with Crippen LogP contribution in [0, 0.1) is 11.6 Å². The number of hydrogen-bond donors (Lipinski definition) is 3. The Bertz CT molecular complexity index is 905. The van der Waals surface area contributed by atoms with E-state index in [0.717, 1.165) is 44.1 Å². The van der Waals surface area contributed by atoms with Crippen LogP contribution in [0.5, 0.6) is 0 Å². The second-order valence-corrected chi connectivity index (χ2v) is 8.41. The summed E-state index contributed by atoms with van der Waals surface area (Å²) in [6, 6.07) is 1.90. The summed E-state index contributed by atoms with van der Waals surface area (Å²) in [6.45, 7) is 7.70. The fourth-order valence-electron chi connectivity index (χ4n) is 4.17. The van der Waals surface area contributed by atoms with Crippen LogP contribution in [0.4, 0.5) is 14.6 Å². The average Bonchev–Trinajstić information content (AvgIpc) is 3.23. The topological polar surface area (TPSA) is 80.2 Å². The molecule has 0 spiro atoms. The Kier molecular flexibility index (Phi) is 9.77. The number of fused-ring (bicyclic) bond motifs is 1. The monoisotopic (exact) mass is 463 g/mol. The number of hydrogen-bond acceptors (Lipinski definition) is 5. The number of amides is 1. The Morgan fingerprint density at radius 3 is 2.94 bits per heavy atom. The maximum absolute atomic E-state index is 14.2. The highest BCUT2D eigenvalue weighted by atomic mass is 19.1. The number of ether oxygens (including phenoxy) is 1. The van der Waals surface area contributed by atoms with E-state index < -0.39 is 17.7 Å². The van der Waals surface area contributed by atoms with Crippen molar-refractivity contribution >= 4 is 11.7 Å². The number of halogens is 2. The molecule has 182 valence electrons. The molecule has 3 rings (SSSR count). The molecule has 2 aromatic rings. The van der Waals surface area contributed by atoms with Gasteiger partial charge in [0.25, 0.3) is 0 Å². The summed E-state index contributed by atoms with van der Waals surface area (Å²) in [7, 11) is 0. The number of aromatic nitrogens is 2. The van der Waals surface area contributed by atoms with Crippen LogP contribution in [0.25, 0.3) is 0 Å². The average molecular weight is 464 g/mol. The quantitative estimate of drug-likeness (QED) is 0.398. The molecular weight excluding hydrogens is 428 g/mol. The molecule has 0 saturated heterocycles. The van der Waals surface area contributed by atoms with E-state index in [1.165, 1.54) is 6.07 Å². The van der Waals surface area contributed by atoms with E-state index in [9.17, 15) is 13.6 Å². The summed E-state index contributed by atoms with van der Waals surface area (Å²) in [5.41, 5.74) is 1.27. The van der Waals surface area contributed by atoms with E-state index in [1.807, 2.05) is 24.6 Å². The summed E-state index contributed by atoms with van der Waals surface area (Å²) < 4.78 is 34.9. The maximum Gasteiger partial charge on any atom is 0.242 e. The lowest BCUT2D eigenvalue weighted by molar-refractivity contribution is -0.118. The molecule has 0 radical (unpaired) electrons. The molecule has 0 aliphatic heterocycles. The normalized spacial score (nSPS) is 16.4. The Hall–Kier alpha value is -2.36. The number of anilines is 1. The van der Waals surface area contributed by atoms with E-state index in [0.29, 0.717) is 43.9 Å². The molecule has 7 nitrogen and oxygen atoms in total. The van der Waals surface area contributed by atoms with Gasteiger partial charge in [-0.15, -0.1) is 0 Å². The van der Waals surface area contributed by atoms with Crippen LogP contribution < -0.4 is 16.0 Å². The van der Waals surface area contributed by atoms with Crippen molar-refractivity contribution in [2.24, 2.45) is 0 Å². The largest absolute Gasteiger partial charge is 0.380 e. The van der Waals surface area contributed by atoms with Gasteiger partial charge < -0.3 is 25.3 Å². The van der Waals surface area contributed by atoms with Crippen molar-refractivity contribution in [3.63, 3.8) is 0 Å². The number of rotatable bonds is 13. The third-order valence-corrected chi connectivity index (χ3v) is 5.85. The van der Waals surface area contributed by atoms with Gasteiger partial charge in [-0.25, -0.2) is 13.8 Å². The highest BCUT2D eigenvalue weighted by Crippen LogP contribution is 2.25. The molecule has 9 heteroatoms. The van der Waals surface area contributed by atoms with Crippen molar-refractivity contribution in [3.8, 4) is 0 Å². The second-order valence-electron chi connectivity index (χ2n) is 8.41. The number of carbonyl (C=O) groups excluding carboxylic acids is 1. The first kappa shape index (κ1) is 25.3. The van der Waals surface area contributed by atoms with Gasteiger partial charge in [-0.1, -0.05) is 13.3 Å². The summed E-state index contributed by atoms with van der Waals surface area (Å²) in [5, 5.41) is 9.59. The fourth-order valence-corrected chi connectivity index (χ4v) is 4.17. The molecule has 1 aliphatic rings. The lowest BCUT2D eigenvalue weighted by Crippen LogP contribution is -2.48. The van der Waals surface area contributed by atoms with Crippen molar-refractivity contribution in [1.29, 1.82) is 0 Å². The lowest BCUT2D eigenvalue weighted by atomic mass is 9.87. The Morgan fingerprint density at radius 2 is 2.15 bits per heavy atom. The van der Waals surface area contributed by atoms with Crippen molar-refractivity contribution in [3.05, 3.63) is 47.4 Å². The summed E-state index contributed by atoms with van der Waals surface area (Å²) in [5.74, 6) is -0.692. The third-order valence-electron chi connectivity index (χ3n) is 5.85. The number of aryl methyl sites for hydroxylation is 1.